The van der Waals surface area contributed by atoms with Crippen molar-refractivity contribution in [1.29, 1.82) is 0 Å². The molecule has 1 unspecified atom stereocenters. The van der Waals surface area contributed by atoms with Crippen molar-refractivity contribution in [2.75, 3.05) is 6.61 Å². The SMILES string of the molecule is NC(CO)c1cc2ccccc2nn1. The van der Waals surface area contributed by atoms with E-state index in [0.717, 1.165) is 10.9 Å². The second kappa shape index (κ2) is 3.69. The maximum absolute atomic E-state index is 8.87. The van der Waals surface area contributed by atoms with E-state index in [1.54, 1.807) is 0 Å². The second-order valence-corrected chi connectivity index (χ2v) is 3.12. The lowest BCUT2D eigenvalue weighted by Crippen LogP contribution is -2.16. The lowest BCUT2D eigenvalue weighted by Gasteiger charge is -2.06. The molecule has 0 aliphatic carbocycles. The van der Waals surface area contributed by atoms with Crippen molar-refractivity contribution in [1.82, 2.24) is 10.2 Å². The van der Waals surface area contributed by atoms with Crippen LogP contribution in [-0.2, 0) is 0 Å². The fraction of sp³-hybridized carbons (Fsp3) is 0.200. The Kier molecular flexibility index (Phi) is 2.39. The van der Waals surface area contributed by atoms with Gasteiger partial charge in [-0.3, -0.25) is 0 Å². The van der Waals surface area contributed by atoms with Crippen molar-refractivity contribution in [3.8, 4) is 0 Å². The second-order valence-electron chi connectivity index (χ2n) is 3.12. The van der Waals surface area contributed by atoms with Crippen LogP contribution in [0, 0.1) is 0 Å². The summed E-state index contributed by atoms with van der Waals surface area (Å²) in [5, 5.41) is 17.8. The fourth-order valence-electron chi connectivity index (χ4n) is 1.28. The van der Waals surface area contributed by atoms with Gasteiger partial charge in [0.05, 0.1) is 23.9 Å². The van der Waals surface area contributed by atoms with E-state index in [0.29, 0.717) is 5.69 Å². The predicted molar refractivity (Wildman–Crippen MR) is 53.6 cm³/mol. The highest BCUT2D eigenvalue weighted by Crippen LogP contribution is 2.13. The summed E-state index contributed by atoms with van der Waals surface area (Å²) in [5.74, 6) is 0. The Labute approximate surface area is 81.4 Å². The summed E-state index contributed by atoms with van der Waals surface area (Å²) in [5.41, 5.74) is 7.08. The highest BCUT2D eigenvalue weighted by molar-refractivity contribution is 5.77. The van der Waals surface area contributed by atoms with E-state index >= 15 is 0 Å². The number of rotatable bonds is 2. The summed E-state index contributed by atoms with van der Waals surface area (Å²) in [6.07, 6.45) is 0. The zero-order valence-corrected chi connectivity index (χ0v) is 7.59. The molecule has 1 aromatic heterocycles. The van der Waals surface area contributed by atoms with Gasteiger partial charge >= 0.3 is 0 Å². The van der Waals surface area contributed by atoms with Crippen molar-refractivity contribution >= 4 is 10.9 Å². The van der Waals surface area contributed by atoms with Crippen LogP contribution in [0.5, 0.6) is 0 Å². The van der Waals surface area contributed by atoms with Crippen LogP contribution in [0.2, 0.25) is 0 Å². The molecular formula is C10H11N3O. The van der Waals surface area contributed by atoms with Crippen molar-refractivity contribution in [3.63, 3.8) is 0 Å². The lowest BCUT2D eigenvalue weighted by molar-refractivity contribution is 0.265. The smallest absolute Gasteiger partial charge is 0.0929 e. The molecule has 0 saturated heterocycles. The van der Waals surface area contributed by atoms with E-state index in [1.165, 1.54) is 0 Å². The van der Waals surface area contributed by atoms with Crippen LogP contribution < -0.4 is 5.73 Å². The van der Waals surface area contributed by atoms with Gasteiger partial charge in [0.15, 0.2) is 0 Å². The minimum atomic E-state index is -0.452. The van der Waals surface area contributed by atoms with Crippen LogP contribution in [0.4, 0.5) is 0 Å². The number of fused-ring (bicyclic) bond motifs is 1. The lowest BCUT2D eigenvalue weighted by atomic mass is 10.1. The zero-order chi connectivity index (χ0) is 9.97. The first-order valence-corrected chi connectivity index (χ1v) is 4.40. The molecule has 3 N–H and O–H groups in total. The molecule has 1 heterocycles. The Morgan fingerprint density at radius 3 is 2.86 bits per heavy atom. The van der Waals surface area contributed by atoms with Crippen LogP contribution in [0.1, 0.15) is 11.7 Å². The van der Waals surface area contributed by atoms with Gasteiger partial charge in [0, 0.05) is 5.39 Å². The van der Waals surface area contributed by atoms with Crippen molar-refractivity contribution in [3.05, 3.63) is 36.0 Å². The molecule has 1 atom stereocenters. The molecule has 0 aliphatic heterocycles. The average Bonchev–Trinajstić information content (AvgIpc) is 2.27. The standard InChI is InChI=1S/C10H11N3O/c11-8(6-14)10-5-7-3-1-2-4-9(7)12-13-10/h1-5,8,14H,6,11H2. The Morgan fingerprint density at radius 2 is 2.07 bits per heavy atom. The third-order valence-electron chi connectivity index (χ3n) is 2.09. The number of nitrogens with two attached hydrogens (primary N) is 1. The Morgan fingerprint density at radius 1 is 1.29 bits per heavy atom. The number of aliphatic hydroxyl groups excluding tert-OH is 1. The monoisotopic (exact) mass is 189 g/mol. The van der Waals surface area contributed by atoms with Gasteiger partial charge < -0.3 is 10.8 Å². The zero-order valence-electron chi connectivity index (χ0n) is 7.59. The van der Waals surface area contributed by atoms with Gasteiger partial charge in [0.2, 0.25) is 0 Å². The number of aromatic nitrogens is 2. The van der Waals surface area contributed by atoms with Crippen LogP contribution in [0.3, 0.4) is 0 Å². The van der Waals surface area contributed by atoms with Crippen LogP contribution in [0.15, 0.2) is 30.3 Å². The van der Waals surface area contributed by atoms with E-state index in [1.807, 2.05) is 30.3 Å². The van der Waals surface area contributed by atoms with E-state index in [2.05, 4.69) is 10.2 Å². The van der Waals surface area contributed by atoms with Crippen LogP contribution in [0.25, 0.3) is 10.9 Å². The molecule has 72 valence electrons. The van der Waals surface area contributed by atoms with E-state index in [4.69, 9.17) is 10.8 Å². The summed E-state index contributed by atoms with van der Waals surface area (Å²) < 4.78 is 0. The first kappa shape index (κ1) is 9.05. The largest absolute Gasteiger partial charge is 0.394 e. The van der Waals surface area contributed by atoms with Gasteiger partial charge in [-0.1, -0.05) is 18.2 Å². The first-order valence-electron chi connectivity index (χ1n) is 4.40. The molecule has 0 radical (unpaired) electrons. The Bertz CT molecular complexity index is 444. The predicted octanol–water partition coefficient (Wildman–Crippen LogP) is 0.622. The molecule has 0 amide bonds. The highest BCUT2D eigenvalue weighted by Gasteiger charge is 2.06. The minimum Gasteiger partial charge on any atom is -0.394 e. The van der Waals surface area contributed by atoms with Gasteiger partial charge in [-0.05, 0) is 12.1 Å². The third-order valence-corrected chi connectivity index (χ3v) is 2.09. The Hall–Kier alpha value is -1.52. The number of aliphatic hydroxyl groups is 1. The molecule has 0 aliphatic rings. The first-order chi connectivity index (χ1) is 6.81. The van der Waals surface area contributed by atoms with Crippen molar-refractivity contribution in [2.45, 2.75) is 6.04 Å². The third kappa shape index (κ3) is 1.57. The number of nitrogens with zero attached hydrogens (tertiary/aromatic N) is 2. The molecule has 14 heavy (non-hydrogen) atoms. The van der Waals surface area contributed by atoms with Gasteiger partial charge in [-0.2, -0.15) is 10.2 Å². The highest BCUT2D eigenvalue weighted by atomic mass is 16.3. The summed E-state index contributed by atoms with van der Waals surface area (Å²) >= 11 is 0. The van der Waals surface area contributed by atoms with Crippen molar-refractivity contribution in [2.24, 2.45) is 5.73 Å². The van der Waals surface area contributed by atoms with E-state index in [9.17, 15) is 0 Å². The van der Waals surface area contributed by atoms with Crippen molar-refractivity contribution < 1.29 is 5.11 Å². The quantitative estimate of drug-likeness (QED) is 0.726. The molecule has 2 aromatic rings. The maximum atomic E-state index is 8.87. The maximum Gasteiger partial charge on any atom is 0.0929 e. The summed E-state index contributed by atoms with van der Waals surface area (Å²) in [4.78, 5) is 0. The molecule has 0 bridgehead atoms. The summed E-state index contributed by atoms with van der Waals surface area (Å²) in [6, 6.07) is 9.06. The summed E-state index contributed by atoms with van der Waals surface area (Å²) in [7, 11) is 0. The van der Waals surface area contributed by atoms with E-state index in [-0.39, 0.29) is 6.61 Å². The topological polar surface area (TPSA) is 72.0 Å². The molecule has 4 heteroatoms. The molecular weight excluding hydrogens is 178 g/mol. The summed E-state index contributed by atoms with van der Waals surface area (Å²) in [6.45, 7) is -0.118. The van der Waals surface area contributed by atoms with E-state index < -0.39 is 6.04 Å². The van der Waals surface area contributed by atoms with Gasteiger partial charge in [-0.25, -0.2) is 0 Å². The number of benzene rings is 1. The number of hydrogen-bond acceptors (Lipinski definition) is 4. The molecule has 0 fully saturated rings. The Balaban J connectivity index is 2.51. The molecule has 4 nitrogen and oxygen atoms in total. The fourth-order valence-corrected chi connectivity index (χ4v) is 1.28. The van der Waals surface area contributed by atoms with Gasteiger partial charge in [-0.15, -0.1) is 0 Å². The number of hydrogen-bond donors (Lipinski definition) is 2. The van der Waals surface area contributed by atoms with Gasteiger partial charge in [0.1, 0.15) is 0 Å². The normalized spacial score (nSPS) is 13.0. The molecule has 0 spiro atoms. The van der Waals surface area contributed by atoms with Crippen LogP contribution in [-0.4, -0.2) is 21.9 Å². The molecule has 1 aromatic carbocycles. The van der Waals surface area contributed by atoms with Crippen LogP contribution >= 0.6 is 0 Å². The molecule has 2 rings (SSSR count). The molecule has 0 saturated carbocycles. The minimum absolute atomic E-state index is 0.118. The average molecular weight is 189 g/mol. The van der Waals surface area contributed by atoms with Gasteiger partial charge in [0.25, 0.3) is 0 Å².